The highest BCUT2D eigenvalue weighted by atomic mass is 79.9. The van der Waals surface area contributed by atoms with Gasteiger partial charge in [-0.25, -0.2) is 0 Å². The van der Waals surface area contributed by atoms with Gasteiger partial charge in [-0.3, -0.25) is 4.99 Å². The first-order valence-electron chi connectivity index (χ1n) is 8.32. The molecule has 1 aliphatic rings. The molecule has 0 bridgehead atoms. The first-order valence-corrected chi connectivity index (χ1v) is 9.11. The maximum absolute atomic E-state index is 4.85. The molecule has 5 nitrogen and oxygen atoms in total. The van der Waals surface area contributed by atoms with Crippen LogP contribution >= 0.6 is 15.9 Å². The minimum absolute atomic E-state index is 0.187. The molecule has 1 saturated carbocycles. The number of hydrogen-bond donors (Lipinski definition) is 2. The molecule has 1 aromatic heterocycles. The van der Waals surface area contributed by atoms with Crippen molar-refractivity contribution in [3.05, 3.63) is 52.3 Å². The van der Waals surface area contributed by atoms with Crippen molar-refractivity contribution in [1.29, 1.82) is 0 Å². The molecule has 2 N–H and O–H groups in total. The molecule has 3 rings (SSSR count). The highest BCUT2D eigenvalue weighted by Gasteiger charge is 2.35. The Balaban J connectivity index is 1.64. The number of halogens is 1. The van der Waals surface area contributed by atoms with E-state index in [1.165, 1.54) is 31.2 Å². The lowest BCUT2D eigenvalue weighted by atomic mass is 9.79. The van der Waals surface area contributed by atoms with E-state index in [0.717, 1.165) is 22.7 Å². The Bertz CT molecular complexity index is 661. The fourth-order valence-corrected chi connectivity index (χ4v) is 3.66. The molecule has 0 aliphatic heterocycles. The number of benzene rings is 1. The molecule has 2 aromatic rings. The quantitative estimate of drug-likeness (QED) is 0.604. The summed E-state index contributed by atoms with van der Waals surface area (Å²) in [5.41, 5.74) is 2.45. The first kappa shape index (κ1) is 17.0. The summed E-state index contributed by atoms with van der Waals surface area (Å²) in [6, 6.07) is 10.6. The van der Waals surface area contributed by atoms with Crippen molar-refractivity contribution in [2.45, 2.75) is 37.6 Å². The van der Waals surface area contributed by atoms with Crippen molar-refractivity contribution in [3.63, 3.8) is 0 Å². The first-order chi connectivity index (χ1) is 11.7. The predicted octanol–water partition coefficient (Wildman–Crippen LogP) is 3.61. The number of guanidine groups is 1. The van der Waals surface area contributed by atoms with Crippen molar-refractivity contribution in [2.24, 2.45) is 4.99 Å². The second-order valence-electron chi connectivity index (χ2n) is 6.26. The third-order valence-electron chi connectivity index (χ3n) is 4.76. The Morgan fingerprint density at radius 1 is 1.21 bits per heavy atom. The average Bonchev–Trinajstić information content (AvgIpc) is 3.28. The van der Waals surface area contributed by atoms with Gasteiger partial charge in [0, 0.05) is 29.5 Å². The molecule has 1 fully saturated rings. The van der Waals surface area contributed by atoms with E-state index in [-0.39, 0.29) is 5.41 Å². The van der Waals surface area contributed by atoms with E-state index in [4.69, 9.17) is 4.52 Å². The van der Waals surface area contributed by atoms with Crippen LogP contribution in [0.25, 0.3) is 0 Å². The lowest BCUT2D eigenvalue weighted by molar-refractivity contribution is 0.410. The van der Waals surface area contributed by atoms with Crippen molar-refractivity contribution in [1.82, 2.24) is 15.8 Å². The Morgan fingerprint density at radius 2 is 1.96 bits per heavy atom. The molecular formula is C18H23BrN4O. The number of hydrogen-bond acceptors (Lipinski definition) is 3. The molecule has 0 unspecified atom stereocenters. The molecule has 128 valence electrons. The zero-order chi connectivity index (χ0) is 16.8. The number of nitrogens with zero attached hydrogens (tertiary/aromatic N) is 2. The fourth-order valence-electron chi connectivity index (χ4n) is 3.40. The van der Waals surface area contributed by atoms with E-state index in [2.05, 4.69) is 61.0 Å². The molecule has 0 saturated heterocycles. The van der Waals surface area contributed by atoms with Gasteiger partial charge in [-0.15, -0.1) is 0 Å². The summed E-state index contributed by atoms with van der Waals surface area (Å²) in [5.74, 6) is 0.793. The van der Waals surface area contributed by atoms with Crippen molar-refractivity contribution >= 4 is 21.9 Å². The molecular weight excluding hydrogens is 368 g/mol. The van der Waals surface area contributed by atoms with Crippen molar-refractivity contribution < 1.29 is 4.52 Å². The van der Waals surface area contributed by atoms with E-state index in [9.17, 15) is 0 Å². The third-order valence-corrected chi connectivity index (χ3v) is 5.29. The summed E-state index contributed by atoms with van der Waals surface area (Å²) in [4.78, 5) is 4.32. The molecule has 24 heavy (non-hydrogen) atoms. The minimum atomic E-state index is 0.187. The number of rotatable bonds is 5. The molecule has 0 radical (unpaired) electrons. The van der Waals surface area contributed by atoms with Gasteiger partial charge in [0.1, 0.15) is 12.0 Å². The van der Waals surface area contributed by atoms with Crippen LogP contribution in [0, 0.1) is 0 Å². The maximum atomic E-state index is 4.85. The molecule has 1 aromatic carbocycles. The van der Waals surface area contributed by atoms with Gasteiger partial charge >= 0.3 is 0 Å². The van der Waals surface area contributed by atoms with Crippen LogP contribution < -0.4 is 10.6 Å². The van der Waals surface area contributed by atoms with Crippen LogP contribution in [0.5, 0.6) is 0 Å². The molecule has 1 aliphatic carbocycles. The van der Waals surface area contributed by atoms with Crippen LogP contribution in [0.3, 0.4) is 0 Å². The van der Waals surface area contributed by atoms with Crippen molar-refractivity contribution in [2.75, 3.05) is 13.6 Å². The van der Waals surface area contributed by atoms with Crippen molar-refractivity contribution in [3.8, 4) is 0 Å². The van der Waals surface area contributed by atoms with E-state index in [1.54, 1.807) is 13.3 Å². The third kappa shape index (κ3) is 3.98. The number of aliphatic imine (C=N–C) groups is 1. The van der Waals surface area contributed by atoms with Crippen LogP contribution in [-0.4, -0.2) is 24.7 Å². The summed E-state index contributed by atoms with van der Waals surface area (Å²) in [6.07, 6.45) is 6.56. The summed E-state index contributed by atoms with van der Waals surface area (Å²) in [5, 5.41) is 10.7. The Kier molecular flexibility index (Phi) is 5.56. The minimum Gasteiger partial charge on any atom is -0.364 e. The topological polar surface area (TPSA) is 62.5 Å². The van der Waals surface area contributed by atoms with Gasteiger partial charge in [0.05, 0.1) is 6.54 Å². The fraction of sp³-hybridized carbons (Fsp3) is 0.444. The summed E-state index contributed by atoms with van der Waals surface area (Å²) < 4.78 is 5.97. The van der Waals surface area contributed by atoms with Gasteiger partial charge in [0.15, 0.2) is 5.96 Å². The van der Waals surface area contributed by atoms with E-state index >= 15 is 0 Å². The molecule has 6 heteroatoms. The van der Waals surface area contributed by atoms with Crippen LogP contribution in [0.15, 0.2) is 50.6 Å². The zero-order valence-electron chi connectivity index (χ0n) is 13.9. The van der Waals surface area contributed by atoms with Gasteiger partial charge in [0.25, 0.3) is 0 Å². The number of aromatic nitrogens is 1. The lowest BCUT2D eigenvalue weighted by Crippen LogP contribution is -2.44. The molecule has 0 spiro atoms. The molecule has 1 heterocycles. The second kappa shape index (κ2) is 7.83. The highest BCUT2D eigenvalue weighted by Crippen LogP contribution is 2.40. The Morgan fingerprint density at radius 3 is 2.58 bits per heavy atom. The van der Waals surface area contributed by atoms with Crippen LogP contribution in [0.4, 0.5) is 0 Å². The predicted molar refractivity (Wildman–Crippen MR) is 99.0 cm³/mol. The van der Waals surface area contributed by atoms with Gasteiger partial charge in [-0.05, 0) is 30.5 Å². The van der Waals surface area contributed by atoms with Gasteiger partial charge < -0.3 is 15.2 Å². The van der Waals surface area contributed by atoms with Gasteiger partial charge in [-0.2, -0.15) is 0 Å². The maximum Gasteiger partial charge on any atom is 0.191 e. The van der Waals surface area contributed by atoms with Crippen LogP contribution in [0.2, 0.25) is 0 Å². The van der Waals surface area contributed by atoms with Crippen LogP contribution in [0.1, 0.15) is 36.9 Å². The van der Waals surface area contributed by atoms with Gasteiger partial charge in [0.2, 0.25) is 0 Å². The SMILES string of the molecule is CN=C(NCc1ccon1)NCC1(c2ccc(Br)cc2)CCCC1. The summed E-state index contributed by atoms with van der Waals surface area (Å²) in [6.45, 7) is 1.48. The summed E-state index contributed by atoms with van der Waals surface area (Å²) in [7, 11) is 1.79. The summed E-state index contributed by atoms with van der Waals surface area (Å²) >= 11 is 3.53. The number of nitrogens with one attached hydrogen (secondary N) is 2. The Hall–Kier alpha value is -1.82. The van der Waals surface area contributed by atoms with E-state index in [1.807, 2.05) is 6.07 Å². The smallest absolute Gasteiger partial charge is 0.191 e. The molecule has 0 amide bonds. The monoisotopic (exact) mass is 390 g/mol. The van der Waals surface area contributed by atoms with E-state index < -0.39 is 0 Å². The standard InChI is InChI=1S/C18H23BrN4O/c1-20-17(21-12-16-8-11-24-23-16)22-13-18(9-2-3-10-18)14-4-6-15(19)7-5-14/h4-8,11H,2-3,9-10,12-13H2,1H3,(H2,20,21,22). The van der Waals surface area contributed by atoms with E-state index in [0.29, 0.717) is 6.54 Å². The molecule has 0 atom stereocenters. The normalized spacial score (nSPS) is 17.0. The lowest BCUT2D eigenvalue weighted by Gasteiger charge is -2.31. The zero-order valence-corrected chi connectivity index (χ0v) is 15.5. The highest BCUT2D eigenvalue weighted by molar-refractivity contribution is 9.10. The van der Waals surface area contributed by atoms with Crippen LogP contribution in [-0.2, 0) is 12.0 Å². The average molecular weight is 391 g/mol. The largest absolute Gasteiger partial charge is 0.364 e. The van der Waals surface area contributed by atoms with Gasteiger partial charge in [-0.1, -0.05) is 46.1 Å². The Labute approximate surface area is 151 Å². The second-order valence-corrected chi connectivity index (χ2v) is 7.18.